The maximum absolute atomic E-state index is 13.2. The number of nitrogens with one attached hydrogen (secondary N) is 3. The first kappa shape index (κ1) is 22.4. The molecule has 0 atom stereocenters. The number of hydrogen-bond acceptors (Lipinski definition) is 4. The van der Waals surface area contributed by atoms with E-state index in [1.807, 2.05) is 35.2 Å². The van der Waals surface area contributed by atoms with Gasteiger partial charge in [-0.2, -0.15) is 0 Å². The Bertz CT molecular complexity index is 1130. The van der Waals surface area contributed by atoms with Crippen molar-refractivity contribution in [3.63, 3.8) is 0 Å². The van der Waals surface area contributed by atoms with Crippen molar-refractivity contribution >= 4 is 28.5 Å². The second-order valence-electron chi connectivity index (χ2n) is 9.25. The summed E-state index contributed by atoms with van der Waals surface area (Å²) in [5.74, 6) is 0.0817. The second kappa shape index (κ2) is 10.3. The molecular formula is C26H32N6O2. The zero-order chi connectivity index (χ0) is 23.3. The van der Waals surface area contributed by atoms with Gasteiger partial charge in [0.25, 0.3) is 5.91 Å². The van der Waals surface area contributed by atoms with E-state index in [2.05, 4.69) is 25.5 Å². The standard InChI is InChI=1S/C26H32N6O2/c33-25(32-13-8-21(9-14-32)31-11-2-1-3-12-31)23-18-28-24-15-20(6-7-22(23)24)30-26(34)29-17-19-5-4-10-27-16-19/h4-7,10,15-16,18,21,28H,1-3,8-9,11-14,17H2,(H2,29,30,34). The summed E-state index contributed by atoms with van der Waals surface area (Å²) in [5.41, 5.74) is 3.12. The predicted octanol–water partition coefficient (Wildman–Crippen LogP) is 3.98. The summed E-state index contributed by atoms with van der Waals surface area (Å²) in [6.07, 6.45) is 11.3. The van der Waals surface area contributed by atoms with Crippen LogP contribution in [0.1, 0.15) is 48.0 Å². The SMILES string of the molecule is O=C(NCc1cccnc1)Nc1ccc2c(C(=O)N3CCC(N4CCCCC4)CC3)c[nH]c2c1. The molecule has 3 N–H and O–H groups in total. The molecule has 8 nitrogen and oxygen atoms in total. The van der Waals surface area contributed by atoms with Crippen LogP contribution >= 0.6 is 0 Å². The van der Waals surface area contributed by atoms with Crippen LogP contribution in [-0.2, 0) is 6.54 Å². The van der Waals surface area contributed by atoms with Gasteiger partial charge in [-0.05, 0) is 68.6 Å². The van der Waals surface area contributed by atoms with Gasteiger partial charge in [0.1, 0.15) is 0 Å². The molecule has 1 aromatic carbocycles. The van der Waals surface area contributed by atoms with E-state index >= 15 is 0 Å². The minimum absolute atomic E-state index is 0.0817. The van der Waals surface area contributed by atoms with Gasteiger partial charge in [-0.25, -0.2) is 4.79 Å². The van der Waals surface area contributed by atoms with E-state index < -0.39 is 0 Å². The number of piperidine rings is 2. The zero-order valence-electron chi connectivity index (χ0n) is 19.4. The number of benzene rings is 1. The average Bonchev–Trinajstić information content (AvgIpc) is 3.31. The Hall–Kier alpha value is -3.39. The summed E-state index contributed by atoms with van der Waals surface area (Å²) in [5, 5.41) is 6.56. The van der Waals surface area contributed by atoms with Gasteiger partial charge in [-0.3, -0.25) is 9.78 Å². The largest absolute Gasteiger partial charge is 0.360 e. The van der Waals surface area contributed by atoms with Crippen LogP contribution < -0.4 is 10.6 Å². The number of carbonyl (C=O) groups is 2. The number of fused-ring (bicyclic) bond motifs is 1. The smallest absolute Gasteiger partial charge is 0.319 e. The van der Waals surface area contributed by atoms with Crippen LogP contribution in [0.15, 0.2) is 48.9 Å². The maximum Gasteiger partial charge on any atom is 0.319 e. The van der Waals surface area contributed by atoms with Crippen molar-refractivity contribution in [2.24, 2.45) is 0 Å². The molecule has 0 spiro atoms. The first-order chi connectivity index (χ1) is 16.7. The molecular weight excluding hydrogens is 428 g/mol. The van der Waals surface area contributed by atoms with E-state index in [0.29, 0.717) is 23.8 Å². The van der Waals surface area contributed by atoms with Gasteiger partial charge in [0, 0.05) is 60.9 Å². The molecule has 2 aromatic heterocycles. The van der Waals surface area contributed by atoms with Gasteiger partial charge in [0.2, 0.25) is 0 Å². The molecule has 0 unspecified atom stereocenters. The third-order valence-electron chi connectivity index (χ3n) is 7.00. The molecule has 2 aliphatic rings. The molecule has 3 aromatic rings. The van der Waals surface area contributed by atoms with Gasteiger partial charge in [-0.1, -0.05) is 12.5 Å². The number of nitrogens with zero attached hydrogens (tertiary/aromatic N) is 3. The fourth-order valence-electron chi connectivity index (χ4n) is 5.13. The third-order valence-corrected chi connectivity index (χ3v) is 7.00. The Morgan fingerprint density at radius 3 is 2.65 bits per heavy atom. The molecule has 2 aliphatic heterocycles. The highest BCUT2D eigenvalue weighted by atomic mass is 16.2. The molecule has 0 aliphatic carbocycles. The number of amides is 3. The number of anilines is 1. The van der Waals surface area contributed by atoms with Crippen molar-refractivity contribution in [2.75, 3.05) is 31.5 Å². The van der Waals surface area contributed by atoms with Crippen molar-refractivity contribution in [1.29, 1.82) is 0 Å². The lowest BCUT2D eigenvalue weighted by atomic mass is 9.99. The van der Waals surface area contributed by atoms with E-state index in [4.69, 9.17) is 0 Å². The van der Waals surface area contributed by atoms with Gasteiger partial charge in [0.15, 0.2) is 0 Å². The molecule has 34 heavy (non-hydrogen) atoms. The van der Waals surface area contributed by atoms with Crippen molar-refractivity contribution in [3.8, 4) is 0 Å². The summed E-state index contributed by atoms with van der Waals surface area (Å²) >= 11 is 0. The average molecular weight is 461 g/mol. The van der Waals surface area contributed by atoms with E-state index in [1.54, 1.807) is 18.6 Å². The molecule has 2 fully saturated rings. The van der Waals surface area contributed by atoms with Gasteiger partial charge < -0.3 is 25.4 Å². The third kappa shape index (κ3) is 5.07. The van der Waals surface area contributed by atoms with E-state index in [1.165, 1.54) is 32.4 Å². The number of hydrogen-bond donors (Lipinski definition) is 3. The minimum Gasteiger partial charge on any atom is -0.360 e. The Morgan fingerprint density at radius 2 is 1.88 bits per heavy atom. The summed E-state index contributed by atoms with van der Waals surface area (Å²) in [7, 11) is 0. The number of pyridine rings is 1. The van der Waals surface area contributed by atoms with Crippen LogP contribution in [0.2, 0.25) is 0 Å². The summed E-state index contributed by atoms with van der Waals surface area (Å²) in [6.45, 7) is 4.43. The highest BCUT2D eigenvalue weighted by Gasteiger charge is 2.29. The molecule has 0 bridgehead atoms. The number of urea groups is 1. The number of aromatic amines is 1. The number of likely N-dealkylation sites (tertiary alicyclic amines) is 2. The molecule has 3 amide bonds. The molecule has 0 radical (unpaired) electrons. The topological polar surface area (TPSA) is 93.4 Å². The zero-order valence-corrected chi connectivity index (χ0v) is 19.4. The van der Waals surface area contributed by atoms with Crippen LogP contribution in [0.25, 0.3) is 10.9 Å². The monoisotopic (exact) mass is 460 g/mol. The number of rotatable bonds is 5. The second-order valence-corrected chi connectivity index (χ2v) is 9.25. The first-order valence-corrected chi connectivity index (χ1v) is 12.3. The molecule has 8 heteroatoms. The van der Waals surface area contributed by atoms with E-state index in [-0.39, 0.29) is 11.9 Å². The normalized spacial score (nSPS) is 17.6. The molecule has 4 heterocycles. The quantitative estimate of drug-likeness (QED) is 0.537. The van der Waals surface area contributed by atoms with Crippen molar-refractivity contribution in [1.82, 2.24) is 25.1 Å². The highest BCUT2D eigenvalue weighted by Crippen LogP contribution is 2.26. The van der Waals surface area contributed by atoms with E-state index in [9.17, 15) is 9.59 Å². The summed E-state index contributed by atoms with van der Waals surface area (Å²) in [4.78, 5) is 37.4. The molecule has 0 saturated carbocycles. The van der Waals surface area contributed by atoms with Crippen molar-refractivity contribution < 1.29 is 9.59 Å². The van der Waals surface area contributed by atoms with Crippen LogP contribution in [-0.4, -0.2) is 63.9 Å². The molecule has 2 saturated heterocycles. The Balaban J connectivity index is 1.18. The number of aromatic nitrogens is 2. The first-order valence-electron chi connectivity index (χ1n) is 12.3. The molecule has 5 rings (SSSR count). The minimum atomic E-state index is -0.289. The van der Waals surface area contributed by atoms with Crippen molar-refractivity contribution in [2.45, 2.75) is 44.7 Å². The van der Waals surface area contributed by atoms with Gasteiger partial charge in [-0.15, -0.1) is 0 Å². The number of H-pyrrole nitrogens is 1. The fraction of sp³-hybridized carbons (Fsp3) is 0.423. The predicted molar refractivity (Wildman–Crippen MR) is 133 cm³/mol. The Kier molecular flexibility index (Phi) is 6.76. The van der Waals surface area contributed by atoms with E-state index in [0.717, 1.165) is 42.4 Å². The lowest BCUT2D eigenvalue weighted by Gasteiger charge is -2.40. The van der Waals surface area contributed by atoms with Crippen molar-refractivity contribution in [3.05, 3.63) is 60.0 Å². The summed E-state index contributed by atoms with van der Waals surface area (Å²) < 4.78 is 0. The fourth-order valence-corrected chi connectivity index (χ4v) is 5.13. The summed E-state index contributed by atoms with van der Waals surface area (Å²) in [6, 6.07) is 9.66. The van der Waals surface area contributed by atoms with Crippen LogP contribution in [0, 0.1) is 0 Å². The number of carbonyl (C=O) groups excluding carboxylic acids is 2. The van der Waals surface area contributed by atoms with Gasteiger partial charge in [0.05, 0.1) is 5.56 Å². The molecule has 178 valence electrons. The Morgan fingerprint density at radius 1 is 1.06 bits per heavy atom. The highest BCUT2D eigenvalue weighted by molar-refractivity contribution is 6.07. The van der Waals surface area contributed by atoms with Crippen LogP contribution in [0.3, 0.4) is 0 Å². The lowest BCUT2D eigenvalue weighted by molar-refractivity contribution is 0.0591. The lowest BCUT2D eigenvalue weighted by Crippen LogP contribution is -2.48. The van der Waals surface area contributed by atoms with Crippen LogP contribution in [0.4, 0.5) is 10.5 Å². The van der Waals surface area contributed by atoms with Gasteiger partial charge >= 0.3 is 6.03 Å². The Labute approximate surface area is 199 Å². The van der Waals surface area contributed by atoms with Crippen LogP contribution in [0.5, 0.6) is 0 Å². The maximum atomic E-state index is 13.2.